The van der Waals surface area contributed by atoms with Crippen LogP contribution in [0.15, 0.2) is 24.4 Å². The third-order valence-electron chi connectivity index (χ3n) is 4.70. The van der Waals surface area contributed by atoms with Gasteiger partial charge in [-0.3, -0.25) is 9.89 Å². The number of nitrogens with one attached hydrogen (secondary N) is 1. The first-order chi connectivity index (χ1) is 11.3. The van der Waals surface area contributed by atoms with Crippen molar-refractivity contribution in [3.8, 4) is 11.4 Å². The largest absolute Gasteiger partial charge is 0.390 e. The molecule has 3 heterocycles. The maximum Gasteiger partial charge on any atom is 0.271 e. The minimum atomic E-state index is -0.635. The third-order valence-corrected chi connectivity index (χ3v) is 4.70. The molecule has 0 saturated carbocycles. The first-order valence-electron chi connectivity index (χ1n) is 8.52. The Morgan fingerprint density at radius 2 is 2.12 bits per heavy atom. The van der Waals surface area contributed by atoms with Crippen molar-refractivity contribution in [2.24, 2.45) is 13.0 Å². The van der Waals surface area contributed by atoms with E-state index >= 15 is 0 Å². The molecule has 0 aliphatic carbocycles. The van der Waals surface area contributed by atoms with Crippen LogP contribution in [-0.4, -0.2) is 49.4 Å². The van der Waals surface area contributed by atoms with Crippen LogP contribution in [-0.2, 0) is 7.05 Å². The maximum atomic E-state index is 12.7. The van der Waals surface area contributed by atoms with Crippen LogP contribution < -0.4 is 0 Å². The molecule has 0 atom stereocenters. The van der Waals surface area contributed by atoms with Gasteiger partial charge in [-0.15, -0.1) is 0 Å². The van der Waals surface area contributed by atoms with Crippen molar-refractivity contribution in [2.45, 2.75) is 38.7 Å². The van der Waals surface area contributed by atoms with Crippen LogP contribution in [0, 0.1) is 5.92 Å². The fourth-order valence-corrected chi connectivity index (χ4v) is 3.51. The number of aromatic nitrogens is 3. The molecule has 1 fully saturated rings. The molecule has 0 bridgehead atoms. The Kier molecular flexibility index (Phi) is 4.49. The normalized spacial score (nSPS) is 16.6. The number of amides is 1. The van der Waals surface area contributed by atoms with Crippen LogP contribution in [0.2, 0.25) is 0 Å². The summed E-state index contributed by atoms with van der Waals surface area (Å²) in [6, 6.07) is 5.76. The summed E-state index contributed by atoms with van der Waals surface area (Å²) in [4.78, 5) is 14.5. The van der Waals surface area contributed by atoms with Crippen molar-refractivity contribution >= 4 is 5.91 Å². The average molecular weight is 330 g/mol. The van der Waals surface area contributed by atoms with Gasteiger partial charge in [0.15, 0.2) is 0 Å². The van der Waals surface area contributed by atoms with E-state index in [1.165, 1.54) is 0 Å². The van der Waals surface area contributed by atoms with Crippen molar-refractivity contribution in [1.82, 2.24) is 19.7 Å². The van der Waals surface area contributed by atoms with E-state index in [0.717, 1.165) is 43.7 Å². The SMILES string of the molecule is Cn1cccc1-c1cc(C(=O)N2CCC(CC(C)(C)O)CC2)[nH]n1. The Labute approximate surface area is 142 Å². The smallest absolute Gasteiger partial charge is 0.271 e. The van der Waals surface area contributed by atoms with E-state index in [0.29, 0.717) is 11.6 Å². The molecular formula is C18H26N4O2. The van der Waals surface area contributed by atoms with Crippen molar-refractivity contribution < 1.29 is 9.90 Å². The topological polar surface area (TPSA) is 74.2 Å². The van der Waals surface area contributed by atoms with Gasteiger partial charge < -0.3 is 14.6 Å². The predicted octanol–water partition coefficient (Wildman–Crippen LogP) is 2.43. The monoisotopic (exact) mass is 330 g/mol. The molecule has 2 aromatic rings. The van der Waals surface area contributed by atoms with Gasteiger partial charge in [0.05, 0.1) is 11.3 Å². The van der Waals surface area contributed by atoms with E-state index < -0.39 is 5.60 Å². The highest BCUT2D eigenvalue weighted by atomic mass is 16.3. The van der Waals surface area contributed by atoms with E-state index in [2.05, 4.69) is 10.2 Å². The zero-order valence-corrected chi connectivity index (χ0v) is 14.6. The highest BCUT2D eigenvalue weighted by Gasteiger charge is 2.28. The fraction of sp³-hybridized carbons (Fsp3) is 0.556. The highest BCUT2D eigenvalue weighted by molar-refractivity contribution is 5.93. The Morgan fingerprint density at radius 1 is 1.42 bits per heavy atom. The lowest BCUT2D eigenvalue weighted by Crippen LogP contribution is -2.40. The van der Waals surface area contributed by atoms with Crippen molar-refractivity contribution in [3.63, 3.8) is 0 Å². The van der Waals surface area contributed by atoms with Crippen molar-refractivity contribution in [3.05, 3.63) is 30.1 Å². The zero-order valence-electron chi connectivity index (χ0n) is 14.6. The standard InChI is InChI=1S/C18H26N4O2/c1-18(2,24)12-13-6-9-22(10-7-13)17(23)15-11-14(19-20-15)16-5-4-8-21(16)3/h4-5,8,11,13,24H,6-7,9-10,12H2,1-3H3,(H,19,20). The van der Waals surface area contributed by atoms with Gasteiger partial charge in [0.1, 0.15) is 11.4 Å². The van der Waals surface area contributed by atoms with Gasteiger partial charge in [0.2, 0.25) is 0 Å². The molecule has 130 valence electrons. The van der Waals surface area contributed by atoms with Crippen LogP contribution in [0.3, 0.4) is 0 Å². The molecule has 2 aromatic heterocycles. The number of nitrogens with zero attached hydrogens (tertiary/aromatic N) is 3. The molecule has 6 heteroatoms. The maximum absolute atomic E-state index is 12.7. The van der Waals surface area contributed by atoms with Gasteiger partial charge >= 0.3 is 0 Å². The number of aliphatic hydroxyl groups is 1. The van der Waals surface area contributed by atoms with Gasteiger partial charge in [0, 0.05) is 26.3 Å². The van der Waals surface area contributed by atoms with Crippen molar-refractivity contribution in [1.29, 1.82) is 0 Å². The van der Waals surface area contributed by atoms with Gasteiger partial charge in [-0.1, -0.05) is 0 Å². The van der Waals surface area contributed by atoms with Crippen LogP contribution in [0.25, 0.3) is 11.4 Å². The Bertz CT molecular complexity index is 703. The van der Waals surface area contributed by atoms with Crippen molar-refractivity contribution in [2.75, 3.05) is 13.1 Å². The Balaban J connectivity index is 1.62. The first-order valence-corrected chi connectivity index (χ1v) is 8.52. The van der Waals surface area contributed by atoms with Crippen LogP contribution in [0.4, 0.5) is 0 Å². The fourth-order valence-electron chi connectivity index (χ4n) is 3.51. The quantitative estimate of drug-likeness (QED) is 0.904. The summed E-state index contributed by atoms with van der Waals surface area (Å²) >= 11 is 0. The number of hydrogen-bond acceptors (Lipinski definition) is 3. The summed E-state index contributed by atoms with van der Waals surface area (Å²) in [5, 5.41) is 17.1. The lowest BCUT2D eigenvalue weighted by atomic mass is 9.86. The van der Waals surface area contributed by atoms with Gasteiger partial charge in [-0.05, 0) is 57.2 Å². The molecule has 2 N–H and O–H groups in total. The number of likely N-dealkylation sites (tertiary alicyclic amines) is 1. The van der Waals surface area contributed by atoms with Gasteiger partial charge in [-0.25, -0.2) is 0 Å². The number of piperidine rings is 1. The second-order valence-corrected chi connectivity index (χ2v) is 7.42. The van der Waals surface area contributed by atoms with Gasteiger partial charge in [-0.2, -0.15) is 5.10 Å². The van der Waals surface area contributed by atoms with E-state index in [9.17, 15) is 9.90 Å². The number of hydrogen-bond donors (Lipinski definition) is 2. The zero-order chi connectivity index (χ0) is 17.3. The predicted molar refractivity (Wildman–Crippen MR) is 92.5 cm³/mol. The highest BCUT2D eigenvalue weighted by Crippen LogP contribution is 2.27. The van der Waals surface area contributed by atoms with E-state index in [1.54, 1.807) is 0 Å². The molecule has 1 aliphatic rings. The first kappa shape index (κ1) is 16.8. The minimum absolute atomic E-state index is 0.00432. The van der Waals surface area contributed by atoms with Crippen LogP contribution in [0.5, 0.6) is 0 Å². The lowest BCUT2D eigenvalue weighted by Gasteiger charge is -2.34. The summed E-state index contributed by atoms with van der Waals surface area (Å²) in [6.45, 7) is 5.16. The molecule has 1 saturated heterocycles. The molecule has 6 nitrogen and oxygen atoms in total. The molecule has 0 aromatic carbocycles. The minimum Gasteiger partial charge on any atom is -0.390 e. The summed E-state index contributed by atoms with van der Waals surface area (Å²) in [7, 11) is 1.96. The number of aryl methyl sites for hydroxylation is 1. The molecule has 1 aliphatic heterocycles. The molecule has 24 heavy (non-hydrogen) atoms. The second-order valence-electron chi connectivity index (χ2n) is 7.42. The number of carbonyl (C=O) groups excluding carboxylic acids is 1. The molecule has 1 amide bonds. The third kappa shape index (κ3) is 3.70. The number of H-pyrrole nitrogens is 1. The van der Waals surface area contributed by atoms with E-state index in [-0.39, 0.29) is 5.91 Å². The summed E-state index contributed by atoms with van der Waals surface area (Å²) < 4.78 is 1.98. The van der Waals surface area contributed by atoms with E-state index in [1.807, 2.05) is 54.8 Å². The van der Waals surface area contributed by atoms with Gasteiger partial charge in [0.25, 0.3) is 5.91 Å². The number of rotatable bonds is 4. The number of aromatic amines is 1. The molecule has 0 spiro atoms. The molecule has 0 unspecified atom stereocenters. The molecule has 3 rings (SSSR count). The lowest BCUT2D eigenvalue weighted by molar-refractivity contribution is 0.0357. The number of carbonyl (C=O) groups is 1. The van der Waals surface area contributed by atoms with E-state index in [4.69, 9.17) is 0 Å². The molecular weight excluding hydrogens is 304 g/mol. The summed E-state index contributed by atoms with van der Waals surface area (Å²) in [5.41, 5.74) is 1.66. The molecule has 0 radical (unpaired) electrons. The Hall–Kier alpha value is -2.08. The summed E-state index contributed by atoms with van der Waals surface area (Å²) in [6.07, 6.45) is 4.62. The average Bonchev–Trinajstić information content (AvgIpc) is 3.14. The summed E-state index contributed by atoms with van der Waals surface area (Å²) in [5.74, 6) is 0.486. The van der Waals surface area contributed by atoms with Crippen LogP contribution >= 0.6 is 0 Å². The second kappa shape index (κ2) is 6.43. The van der Waals surface area contributed by atoms with Crippen LogP contribution in [0.1, 0.15) is 43.6 Å². The Morgan fingerprint density at radius 3 is 2.71 bits per heavy atom.